The number of thiophene rings is 1. The maximum absolute atomic E-state index is 12.7. The number of hydrogen-bond acceptors (Lipinski definition) is 6. The number of rotatable bonds is 4. The van der Waals surface area contributed by atoms with Crippen molar-refractivity contribution in [1.82, 2.24) is 15.3 Å². The number of thiazole rings is 1. The van der Waals surface area contributed by atoms with E-state index < -0.39 is 11.7 Å². The zero-order valence-corrected chi connectivity index (χ0v) is 17.7. The predicted molar refractivity (Wildman–Crippen MR) is 112 cm³/mol. The second-order valence-electron chi connectivity index (χ2n) is 7.08. The van der Waals surface area contributed by atoms with E-state index in [4.69, 9.17) is 0 Å². The Morgan fingerprint density at radius 3 is 2.60 bits per heavy atom. The van der Waals surface area contributed by atoms with Crippen molar-refractivity contribution < 1.29 is 18.0 Å². The van der Waals surface area contributed by atoms with Gasteiger partial charge in [-0.3, -0.25) is 4.79 Å². The van der Waals surface area contributed by atoms with E-state index >= 15 is 0 Å². The van der Waals surface area contributed by atoms with Crippen molar-refractivity contribution in [3.63, 3.8) is 0 Å². The summed E-state index contributed by atoms with van der Waals surface area (Å²) in [6.07, 6.45) is -2.13. The van der Waals surface area contributed by atoms with Crippen LogP contribution in [0.25, 0.3) is 10.6 Å². The molecule has 0 aromatic carbocycles. The molecule has 0 spiro atoms. The molecule has 1 amide bonds. The smallest absolute Gasteiger partial charge is 0.356 e. The van der Waals surface area contributed by atoms with Crippen LogP contribution in [0, 0.1) is 6.92 Å². The zero-order valence-electron chi connectivity index (χ0n) is 16.1. The molecule has 10 heteroatoms. The molecule has 1 N–H and O–H groups in total. The fourth-order valence-electron chi connectivity index (χ4n) is 3.36. The summed E-state index contributed by atoms with van der Waals surface area (Å²) in [4.78, 5) is 23.7. The van der Waals surface area contributed by atoms with Gasteiger partial charge in [-0.1, -0.05) is 0 Å². The van der Waals surface area contributed by atoms with Crippen LogP contribution in [0.15, 0.2) is 35.2 Å². The molecule has 158 valence electrons. The number of anilines is 1. The van der Waals surface area contributed by atoms with Crippen molar-refractivity contribution in [1.29, 1.82) is 0 Å². The molecule has 1 saturated heterocycles. The Bertz CT molecular complexity index is 1010. The van der Waals surface area contributed by atoms with Gasteiger partial charge in [0.05, 0.1) is 11.3 Å². The van der Waals surface area contributed by atoms with Gasteiger partial charge in [0.25, 0.3) is 5.91 Å². The van der Waals surface area contributed by atoms with Crippen LogP contribution in [0.1, 0.15) is 33.8 Å². The summed E-state index contributed by atoms with van der Waals surface area (Å²) in [5, 5.41) is 7.89. The lowest BCUT2D eigenvalue weighted by Gasteiger charge is -2.33. The first-order valence-corrected chi connectivity index (χ1v) is 11.2. The molecule has 5 nitrogen and oxygen atoms in total. The third kappa shape index (κ3) is 4.49. The predicted octanol–water partition coefficient (Wildman–Crippen LogP) is 4.99. The number of aromatic nitrogens is 2. The number of hydrogen-bond donors (Lipinski definition) is 1. The third-order valence-corrected chi connectivity index (χ3v) is 6.89. The van der Waals surface area contributed by atoms with Gasteiger partial charge < -0.3 is 10.2 Å². The van der Waals surface area contributed by atoms with Crippen molar-refractivity contribution in [2.75, 3.05) is 18.0 Å². The summed E-state index contributed by atoms with van der Waals surface area (Å²) >= 11 is 2.97. The monoisotopic (exact) mass is 452 g/mol. The molecule has 4 heterocycles. The number of carbonyl (C=O) groups excluding carboxylic acids is 1. The first kappa shape index (κ1) is 20.8. The molecule has 1 fully saturated rings. The maximum atomic E-state index is 12.7. The Labute approximate surface area is 179 Å². The van der Waals surface area contributed by atoms with Crippen molar-refractivity contribution in [3.8, 4) is 10.6 Å². The minimum atomic E-state index is -4.39. The zero-order chi connectivity index (χ0) is 21.3. The fourth-order valence-corrected chi connectivity index (χ4v) is 5.04. The molecule has 0 saturated carbocycles. The summed E-state index contributed by atoms with van der Waals surface area (Å²) in [7, 11) is 0. The van der Waals surface area contributed by atoms with Crippen LogP contribution in [0.2, 0.25) is 0 Å². The van der Waals surface area contributed by atoms with Crippen LogP contribution < -0.4 is 10.2 Å². The first-order valence-electron chi connectivity index (χ1n) is 9.40. The van der Waals surface area contributed by atoms with E-state index in [0.29, 0.717) is 42.3 Å². The van der Waals surface area contributed by atoms with Gasteiger partial charge in [0.15, 0.2) is 0 Å². The summed E-state index contributed by atoms with van der Waals surface area (Å²) < 4.78 is 38.1. The number of alkyl halides is 3. The van der Waals surface area contributed by atoms with Crippen LogP contribution in [0.4, 0.5) is 19.0 Å². The van der Waals surface area contributed by atoms with Crippen molar-refractivity contribution in [2.45, 2.75) is 32.0 Å². The number of amides is 1. The quantitative estimate of drug-likeness (QED) is 0.606. The van der Waals surface area contributed by atoms with Gasteiger partial charge >= 0.3 is 6.18 Å². The molecule has 3 aromatic rings. The fraction of sp³-hybridized carbons (Fsp3) is 0.350. The molecule has 0 radical (unpaired) electrons. The van der Waals surface area contributed by atoms with Gasteiger partial charge in [0.1, 0.15) is 15.7 Å². The van der Waals surface area contributed by atoms with Crippen LogP contribution in [0.3, 0.4) is 0 Å². The highest BCUT2D eigenvalue weighted by molar-refractivity contribution is 7.17. The number of nitrogens with one attached hydrogen (secondary N) is 1. The Morgan fingerprint density at radius 1 is 1.23 bits per heavy atom. The largest absolute Gasteiger partial charge is 0.417 e. The minimum absolute atomic E-state index is 0.00861. The highest BCUT2D eigenvalue weighted by Gasteiger charge is 2.31. The van der Waals surface area contributed by atoms with Crippen LogP contribution >= 0.6 is 22.7 Å². The molecule has 1 aliphatic heterocycles. The number of nitrogens with zero attached hydrogens (tertiary/aromatic N) is 3. The lowest BCUT2D eigenvalue weighted by molar-refractivity contribution is -0.137. The number of piperidine rings is 1. The van der Waals surface area contributed by atoms with Crippen LogP contribution in [-0.2, 0) is 6.18 Å². The molecule has 3 aromatic heterocycles. The molecular weight excluding hydrogens is 433 g/mol. The summed E-state index contributed by atoms with van der Waals surface area (Å²) in [6, 6.07) is 4.44. The summed E-state index contributed by atoms with van der Waals surface area (Å²) in [5.74, 6) is 0.393. The normalized spacial score (nSPS) is 15.4. The maximum Gasteiger partial charge on any atom is 0.417 e. The van der Waals surface area contributed by atoms with Gasteiger partial charge in [0.2, 0.25) is 0 Å². The topological polar surface area (TPSA) is 58.1 Å². The number of carbonyl (C=O) groups is 1. The van der Waals surface area contributed by atoms with E-state index in [2.05, 4.69) is 15.3 Å². The Kier molecular flexibility index (Phi) is 5.79. The van der Waals surface area contributed by atoms with Gasteiger partial charge in [-0.15, -0.1) is 11.3 Å². The van der Waals surface area contributed by atoms with Crippen LogP contribution in [0.5, 0.6) is 0 Å². The Morgan fingerprint density at radius 2 is 2.00 bits per heavy atom. The molecule has 0 atom stereocenters. The standard InChI is InChI=1S/C20H19F3N4OS2/c1-12-17(30-19(25-12)13-6-9-29-11-13)18(28)26-15-4-7-27(8-5-15)16-3-2-14(10-24-16)20(21,22)23/h2-3,6,9-11,15H,4-5,7-8H2,1H3,(H,26,28). The van der Waals surface area contributed by atoms with Crippen LogP contribution in [-0.4, -0.2) is 35.0 Å². The molecule has 1 aliphatic rings. The number of pyridine rings is 1. The van der Waals surface area contributed by atoms with Crippen molar-refractivity contribution in [2.24, 2.45) is 0 Å². The summed E-state index contributed by atoms with van der Waals surface area (Å²) in [5.41, 5.74) is 0.977. The second-order valence-corrected chi connectivity index (χ2v) is 8.86. The van der Waals surface area contributed by atoms with E-state index in [0.717, 1.165) is 22.8 Å². The van der Waals surface area contributed by atoms with E-state index in [9.17, 15) is 18.0 Å². The molecule has 0 aliphatic carbocycles. The number of aryl methyl sites for hydroxylation is 1. The van der Waals surface area contributed by atoms with Gasteiger partial charge in [-0.25, -0.2) is 9.97 Å². The van der Waals surface area contributed by atoms with Crippen molar-refractivity contribution >= 4 is 34.4 Å². The van der Waals surface area contributed by atoms with Gasteiger partial charge in [-0.05, 0) is 43.3 Å². The highest BCUT2D eigenvalue weighted by atomic mass is 32.1. The third-order valence-electron chi connectivity index (χ3n) is 5.00. The average Bonchev–Trinajstić information content (AvgIpc) is 3.38. The van der Waals surface area contributed by atoms with E-state index in [1.54, 1.807) is 11.3 Å². The second kappa shape index (κ2) is 8.35. The first-order chi connectivity index (χ1) is 14.3. The lowest BCUT2D eigenvalue weighted by Crippen LogP contribution is -2.44. The minimum Gasteiger partial charge on any atom is -0.356 e. The highest BCUT2D eigenvalue weighted by Crippen LogP contribution is 2.31. The molecule has 0 unspecified atom stereocenters. The Hall–Kier alpha value is -2.46. The average molecular weight is 453 g/mol. The van der Waals surface area contributed by atoms with Gasteiger partial charge in [0, 0.05) is 36.3 Å². The molecular formula is C20H19F3N4OS2. The van der Waals surface area contributed by atoms with E-state index in [-0.39, 0.29) is 11.9 Å². The summed E-state index contributed by atoms with van der Waals surface area (Å²) in [6.45, 7) is 3.07. The molecule has 4 rings (SSSR count). The SMILES string of the molecule is Cc1nc(-c2ccsc2)sc1C(=O)NC1CCN(c2ccc(C(F)(F)F)cn2)CC1. The number of halogens is 3. The van der Waals surface area contributed by atoms with Crippen molar-refractivity contribution in [3.05, 3.63) is 51.3 Å². The lowest BCUT2D eigenvalue weighted by atomic mass is 10.0. The van der Waals surface area contributed by atoms with E-state index in [1.807, 2.05) is 28.7 Å². The van der Waals surface area contributed by atoms with E-state index in [1.165, 1.54) is 17.4 Å². The van der Waals surface area contributed by atoms with Gasteiger partial charge in [-0.2, -0.15) is 24.5 Å². The Balaban J connectivity index is 1.34. The molecule has 0 bridgehead atoms. The molecule has 30 heavy (non-hydrogen) atoms.